The second-order valence-electron chi connectivity index (χ2n) is 4.33. The average molecular weight is 316 g/mol. The van der Waals surface area contributed by atoms with Crippen molar-refractivity contribution < 1.29 is 13.2 Å². The van der Waals surface area contributed by atoms with Gasteiger partial charge in [-0.1, -0.05) is 6.07 Å². The van der Waals surface area contributed by atoms with Gasteiger partial charge >= 0.3 is 6.18 Å². The SMILES string of the molecule is Cl.NC1C(Cl)CN(c2ccccn2)CC1C(F)(F)F. The minimum absolute atomic E-state index is 0. The van der Waals surface area contributed by atoms with Crippen LogP contribution in [-0.4, -0.2) is 35.7 Å². The number of nitrogens with zero attached hydrogens (tertiary/aromatic N) is 2. The van der Waals surface area contributed by atoms with Crippen LogP contribution in [0.15, 0.2) is 24.4 Å². The Morgan fingerprint density at radius 1 is 1.32 bits per heavy atom. The largest absolute Gasteiger partial charge is 0.395 e. The lowest BCUT2D eigenvalue weighted by Crippen LogP contribution is -2.58. The van der Waals surface area contributed by atoms with Crippen LogP contribution in [0.1, 0.15) is 0 Å². The monoisotopic (exact) mass is 315 g/mol. The second kappa shape index (κ2) is 6.15. The zero-order chi connectivity index (χ0) is 13.3. The van der Waals surface area contributed by atoms with Gasteiger partial charge in [0.1, 0.15) is 5.82 Å². The lowest BCUT2D eigenvalue weighted by molar-refractivity contribution is -0.179. The Kier molecular flexibility index (Phi) is 5.29. The van der Waals surface area contributed by atoms with Gasteiger partial charge in [0, 0.05) is 25.3 Å². The maximum absolute atomic E-state index is 12.9. The van der Waals surface area contributed by atoms with Crippen molar-refractivity contribution in [1.82, 2.24) is 4.98 Å². The fourth-order valence-electron chi connectivity index (χ4n) is 2.07. The van der Waals surface area contributed by atoms with E-state index in [0.717, 1.165) is 0 Å². The smallest absolute Gasteiger partial charge is 0.354 e. The summed E-state index contributed by atoms with van der Waals surface area (Å²) in [6, 6.07) is 4.02. The minimum atomic E-state index is -4.35. The number of piperidine rings is 1. The van der Waals surface area contributed by atoms with Gasteiger partial charge in [0.25, 0.3) is 0 Å². The summed E-state index contributed by atoms with van der Waals surface area (Å²) in [4.78, 5) is 5.56. The number of hydrogen-bond acceptors (Lipinski definition) is 3. The highest BCUT2D eigenvalue weighted by molar-refractivity contribution is 6.21. The summed E-state index contributed by atoms with van der Waals surface area (Å²) in [6.07, 6.45) is -2.81. The molecule has 2 rings (SSSR count). The molecule has 1 fully saturated rings. The van der Waals surface area contributed by atoms with Crippen molar-refractivity contribution in [1.29, 1.82) is 0 Å². The van der Waals surface area contributed by atoms with Crippen molar-refractivity contribution in [3.8, 4) is 0 Å². The average Bonchev–Trinajstić information content (AvgIpc) is 2.32. The molecule has 0 radical (unpaired) electrons. The molecule has 2 N–H and O–H groups in total. The molecule has 108 valence electrons. The molecule has 0 spiro atoms. The molecular weight excluding hydrogens is 302 g/mol. The highest BCUT2D eigenvalue weighted by Gasteiger charge is 2.49. The number of nitrogens with two attached hydrogens (primary N) is 1. The first-order chi connectivity index (χ1) is 8.39. The van der Waals surface area contributed by atoms with E-state index in [9.17, 15) is 13.2 Å². The molecule has 3 atom stereocenters. The number of alkyl halides is 4. The molecule has 8 heteroatoms. The number of rotatable bonds is 1. The normalized spacial score (nSPS) is 27.8. The van der Waals surface area contributed by atoms with E-state index in [1.54, 1.807) is 18.2 Å². The fraction of sp³-hybridized carbons (Fsp3) is 0.545. The van der Waals surface area contributed by atoms with Gasteiger partial charge in [0.05, 0.1) is 11.3 Å². The van der Waals surface area contributed by atoms with Crippen LogP contribution in [-0.2, 0) is 0 Å². The Hall–Kier alpha value is -0.720. The molecule has 1 aromatic rings. The Labute approximate surface area is 120 Å². The van der Waals surface area contributed by atoms with E-state index < -0.39 is 23.5 Å². The quantitative estimate of drug-likeness (QED) is 0.809. The Morgan fingerprint density at radius 2 is 2.00 bits per heavy atom. The summed E-state index contributed by atoms with van der Waals surface area (Å²) in [5, 5.41) is -0.743. The van der Waals surface area contributed by atoms with E-state index in [1.807, 2.05) is 0 Å². The summed E-state index contributed by atoms with van der Waals surface area (Å²) in [7, 11) is 0. The topological polar surface area (TPSA) is 42.1 Å². The van der Waals surface area contributed by atoms with E-state index in [4.69, 9.17) is 17.3 Å². The predicted molar refractivity (Wildman–Crippen MR) is 70.9 cm³/mol. The van der Waals surface area contributed by atoms with E-state index in [-0.39, 0.29) is 25.5 Å². The van der Waals surface area contributed by atoms with Crippen LogP contribution in [0.25, 0.3) is 0 Å². The first-order valence-corrected chi connectivity index (χ1v) is 5.95. The van der Waals surface area contributed by atoms with Gasteiger partial charge in [-0.05, 0) is 12.1 Å². The van der Waals surface area contributed by atoms with Crippen molar-refractivity contribution in [3.63, 3.8) is 0 Å². The Morgan fingerprint density at radius 3 is 2.53 bits per heavy atom. The summed E-state index contributed by atoms with van der Waals surface area (Å²) in [5.41, 5.74) is 5.55. The number of halogens is 5. The van der Waals surface area contributed by atoms with Gasteiger partial charge in [0.2, 0.25) is 0 Å². The van der Waals surface area contributed by atoms with E-state index in [2.05, 4.69) is 4.98 Å². The van der Waals surface area contributed by atoms with Gasteiger partial charge in [-0.25, -0.2) is 4.98 Å². The molecular formula is C11H14Cl2F3N3. The number of hydrogen-bond donors (Lipinski definition) is 1. The number of pyridine rings is 1. The molecule has 0 aromatic carbocycles. The van der Waals surface area contributed by atoms with Crippen LogP contribution < -0.4 is 10.6 Å². The van der Waals surface area contributed by atoms with E-state index >= 15 is 0 Å². The lowest BCUT2D eigenvalue weighted by atomic mass is 9.92. The predicted octanol–water partition coefficient (Wildman–Crippen LogP) is 2.44. The molecule has 0 saturated carbocycles. The van der Waals surface area contributed by atoms with Gasteiger partial charge in [0.15, 0.2) is 0 Å². The summed E-state index contributed by atoms with van der Waals surface area (Å²) < 4.78 is 38.6. The zero-order valence-corrected chi connectivity index (χ0v) is 11.4. The lowest BCUT2D eigenvalue weighted by Gasteiger charge is -2.41. The maximum atomic E-state index is 12.9. The standard InChI is InChI=1S/C11H13ClF3N3.ClH/c12-8-6-18(9-3-1-2-4-17-9)5-7(10(8)16)11(13,14)15;/h1-4,7-8,10H,5-6,16H2;1H. The van der Waals surface area contributed by atoms with Crippen LogP contribution >= 0.6 is 24.0 Å². The summed E-state index contributed by atoms with van der Waals surface area (Å²) in [5.74, 6) is -1.14. The van der Waals surface area contributed by atoms with Crippen LogP contribution in [0.2, 0.25) is 0 Å². The number of aromatic nitrogens is 1. The highest BCUT2D eigenvalue weighted by Crippen LogP contribution is 2.35. The van der Waals surface area contributed by atoms with E-state index in [1.165, 1.54) is 11.1 Å². The van der Waals surface area contributed by atoms with Crippen molar-refractivity contribution in [2.24, 2.45) is 11.7 Å². The van der Waals surface area contributed by atoms with Crippen molar-refractivity contribution in [2.75, 3.05) is 18.0 Å². The highest BCUT2D eigenvalue weighted by atomic mass is 35.5. The molecule has 1 saturated heterocycles. The summed E-state index contributed by atoms with van der Waals surface area (Å²) >= 11 is 5.92. The summed E-state index contributed by atoms with van der Waals surface area (Å²) in [6.45, 7) is 0.0667. The Balaban J connectivity index is 0.00000180. The first kappa shape index (κ1) is 16.3. The van der Waals surface area contributed by atoms with Crippen molar-refractivity contribution >= 4 is 29.8 Å². The third kappa shape index (κ3) is 3.64. The molecule has 0 bridgehead atoms. The molecule has 1 aromatic heterocycles. The number of anilines is 1. The molecule has 3 nitrogen and oxygen atoms in total. The third-order valence-electron chi connectivity index (χ3n) is 3.09. The van der Waals surface area contributed by atoms with Crippen LogP contribution in [0.4, 0.5) is 19.0 Å². The molecule has 1 aliphatic heterocycles. The maximum Gasteiger partial charge on any atom is 0.395 e. The molecule has 0 amide bonds. The molecule has 1 aliphatic rings. The van der Waals surface area contributed by atoms with Crippen molar-refractivity contribution in [3.05, 3.63) is 24.4 Å². The molecule has 3 unspecified atom stereocenters. The third-order valence-corrected chi connectivity index (χ3v) is 3.52. The van der Waals surface area contributed by atoms with Crippen molar-refractivity contribution in [2.45, 2.75) is 17.6 Å². The van der Waals surface area contributed by atoms with Gasteiger partial charge in [-0.2, -0.15) is 13.2 Å². The minimum Gasteiger partial charge on any atom is -0.354 e. The van der Waals surface area contributed by atoms with Crippen LogP contribution in [0, 0.1) is 5.92 Å². The van der Waals surface area contributed by atoms with Gasteiger partial charge in [-0.3, -0.25) is 0 Å². The first-order valence-electron chi connectivity index (χ1n) is 5.52. The fourth-order valence-corrected chi connectivity index (χ4v) is 2.41. The second-order valence-corrected chi connectivity index (χ2v) is 4.89. The molecule has 19 heavy (non-hydrogen) atoms. The molecule has 2 heterocycles. The zero-order valence-electron chi connectivity index (χ0n) is 9.85. The van der Waals surface area contributed by atoms with E-state index in [0.29, 0.717) is 5.82 Å². The van der Waals surface area contributed by atoms with Gasteiger partial charge < -0.3 is 10.6 Å². The van der Waals surface area contributed by atoms with Gasteiger partial charge in [-0.15, -0.1) is 24.0 Å². The van der Waals surface area contributed by atoms with Crippen LogP contribution in [0.3, 0.4) is 0 Å². The van der Waals surface area contributed by atoms with Crippen LogP contribution in [0.5, 0.6) is 0 Å². The molecule has 0 aliphatic carbocycles. The Bertz CT molecular complexity index is 402.